The van der Waals surface area contributed by atoms with Gasteiger partial charge in [-0.2, -0.15) is 0 Å². The van der Waals surface area contributed by atoms with E-state index >= 15 is 0 Å². The van der Waals surface area contributed by atoms with Gasteiger partial charge in [0.2, 0.25) is 0 Å². The molecule has 1 amide bonds. The molecule has 96 valence electrons. The first-order valence-electron chi connectivity index (χ1n) is 5.33. The Kier molecular flexibility index (Phi) is 3.37. The molecule has 0 aliphatic carbocycles. The van der Waals surface area contributed by atoms with Crippen molar-refractivity contribution in [3.8, 4) is 0 Å². The predicted octanol–water partition coefficient (Wildman–Crippen LogP) is 1.82. The average molecular weight is 258 g/mol. The first-order valence-corrected chi connectivity index (χ1v) is 5.33. The van der Waals surface area contributed by atoms with Crippen LogP contribution in [0.2, 0.25) is 0 Å². The quantitative estimate of drug-likeness (QED) is 0.495. The summed E-state index contributed by atoms with van der Waals surface area (Å²) in [6.07, 6.45) is 2.99. The third kappa shape index (κ3) is 2.83. The van der Waals surface area contributed by atoms with E-state index in [1.807, 2.05) is 0 Å². The van der Waals surface area contributed by atoms with Crippen LogP contribution in [0.15, 0.2) is 42.7 Å². The Morgan fingerprint density at radius 3 is 2.79 bits per heavy atom. The van der Waals surface area contributed by atoms with Gasteiger partial charge in [0.1, 0.15) is 5.56 Å². The molecule has 0 radical (unpaired) electrons. The first kappa shape index (κ1) is 12.5. The van der Waals surface area contributed by atoms with Crippen LogP contribution in [0.3, 0.4) is 0 Å². The molecule has 0 saturated carbocycles. The molecule has 7 heteroatoms. The van der Waals surface area contributed by atoms with Gasteiger partial charge in [0.05, 0.1) is 16.8 Å². The highest BCUT2D eigenvalue weighted by molar-refractivity contribution is 6.07. The van der Waals surface area contributed by atoms with Crippen molar-refractivity contribution in [2.75, 3.05) is 11.1 Å². The second-order valence-corrected chi connectivity index (χ2v) is 3.73. The Balaban J connectivity index is 2.33. The zero-order valence-electron chi connectivity index (χ0n) is 9.74. The SMILES string of the molecule is Nc1ccc([N+](=O)[O-])c(C(=O)Nc2cccnc2)c1. The number of nitrogens with zero attached hydrogens (tertiary/aromatic N) is 2. The lowest BCUT2D eigenvalue weighted by atomic mass is 10.1. The highest BCUT2D eigenvalue weighted by Crippen LogP contribution is 2.22. The zero-order chi connectivity index (χ0) is 13.8. The Hall–Kier alpha value is -2.96. The molecule has 1 heterocycles. The number of hydrogen-bond acceptors (Lipinski definition) is 5. The summed E-state index contributed by atoms with van der Waals surface area (Å²) < 4.78 is 0. The molecule has 3 N–H and O–H groups in total. The Labute approximate surface area is 108 Å². The lowest BCUT2D eigenvalue weighted by molar-refractivity contribution is -0.385. The van der Waals surface area contributed by atoms with Crippen LogP contribution in [0.5, 0.6) is 0 Å². The standard InChI is InChI=1S/C12H10N4O3/c13-8-3-4-11(16(18)19)10(6-8)12(17)15-9-2-1-5-14-7-9/h1-7H,13H2,(H,15,17). The molecular formula is C12H10N4O3. The number of aromatic nitrogens is 1. The summed E-state index contributed by atoms with van der Waals surface area (Å²) in [5, 5.41) is 13.4. The molecular weight excluding hydrogens is 248 g/mol. The average Bonchev–Trinajstić information content (AvgIpc) is 2.39. The van der Waals surface area contributed by atoms with Crippen LogP contribution < -0.4 is 11.1 Å². The molecule has 0 saturated heterocycles. The molecule has 0 aliphatic heterocycles. The summed E-state index contributed by atoms with van der Waals surface area (Å²) in [6, 6.07) is 7.11. The van der Waals surface area contributed by atoms with Crippen LogP contribution in [-0.2, 0) is 0 Å². The van der Waals surface area contributed by atoms with E-state index in [-0.39, 0.29) is 16.9 Å². The van der Waals surface area contributed by atoms with Crippen molar-refractivity contribution in [2.24, 2.45) is 0 Å². The summed E-state index contributed by atoms with van der Waals surface area (Å²) in [5.41, 5.74) is 5.89. The number of carbonyl (C=O) groups excluding carboxylic acids is 1. The topological polar surface area (TPSA) is 111 Å². The van der Waals surface area contributed by atoms with E-state index in [2.05, 4.69) is 10.3 Å². The molecule has 0 spiro atoms. The Morgan fingerprint density at radius 1 is 1.37 bits per heavy atom. The maximum atomic E-state index is 12.0. The van der Waals surface area contributed by atoms with Crippen LogP contribution in [0.4, 0.5) is 17.1 Å². The molecule has 0 bridgehead atoms. The number of pyridine rings is 1. The van der Waals surface area contributed by atoms with Gasteiger partial charge in [0.15, 0.2) is 0 Å². The van der Waals surface area contributed by atoms with Crippen molar-refractivity contribution in [2.45, 2.75) is 0 Å². The van der Waals surface area contributed by atoms with Gasteiger partial charge in [-0.05, 0) is 24.3 Å². The maximum absolute atomic E-state index is 12.0. The molecule has 0 unspecified atom stereocenters. The van der Waals surface area contributed by atoms with E-state index in [0.717, 1.165) is 0 Å². The number of nitrogens with one attached hydrogen (secondary N) is 1. The minimum absolute atomic E-state index is 0.0890. The van der Waals surface area contributed by atoms with Crippen LogP contribution in [0.1, 0.15) is 10.4 Å². The van der Waals surface area contributed by atoms with E-state index < -0.39 is 10.8 Å². The number of rotatable bonds is 3. The summed E-state index contributed by atoms with van der Waals surface area (Å²) in [5.74, 6) is -0.605. The fourth-order valence-corrected chi connectivity index (χ4v) is 1.53. The lowest BCUT2D eigenvalue weighted by Gasteiger charge is -2.06. The molecule has 0 atom stereocenters. The fourth-order valence-electron chi connectivity index (χ4n) is 1.53. The summed E-state index contributed by atoms with van der Waals surface area (Å²) in [7, 11) is 0. The third-order valence-corrected chi connectivity index (χ3v) is 2.38. The number of anilines is 2. The zero-order valence-corrected chi connectivity index (χ0v) is 9.74. The van der Waals surface area contributed by atoms with Gasteiger partial charge in [-0.15, -0.1) is 0 Å². The van der Waals surface area contributed by atoms with E-state index in [0.29, 0.717) is 5.69 Å². The van der Waals surface area contributed by atoms with E-state index in [1.165, 1.54) is 24.4 Å². The molecule has 7 nitrogen and oxygen atoms in total. The smallest absolute Gasteiger partial charge is 0.282 e. The Bertz CT molecular complexity index is 628. The van der Waals surface area contributed by atoms with Crippen LogP contribution in [0.25, 0.3) is 0 Å². The van der Waals surface area contributed by atoms with Crippen molar-refractivity contribution < 1.29 is 9.72 Å². The van der Waals surface area contributed by atoms with Crippen molar-refractivity contribution in [1.29, 1.82) is 0 Å². The number of benzene rings is 1. The van der Waals surface area contributed by atoms with Crippen molar-refractivity contribution in [1.82, 2.24) is 4.98 Å². The van der Waals surface area contributed by atoms with Gasteiger partial charge in [-0.25, -0.2) is 0 Å². The number of nitro benzene ring substituents is 1. The number of hydrogen-bond donors (Lipinski definition) is 2. The van der Waals surface area contributed by atoms with Crippen LogP contribution in [0, 0.1) is 10.1 Å². The minimum Gasteiger partial charge on any atom is -0.399 e. The number of nitrogen functional groups attached to an aromatic ring is 1. The highest BCUT2D eigenvalue weighted by Gasteiger charge is 2.20. The monoisotopic (exact) mass is 258 g/mol. The third-order valence-electron chi connectivity index (χ3n) is 2.38. The Morgan fingerprint density at radius 2 is 2.16 bits per heavy atom. The molecule has 2 rings (SSSR count). The molecule has 2 aromatic rings. The van der Waals surface area contributed by atoms with Crippen molar-refractivity contribution >= 4 is 23.0 Å². The largest absolute Gasteiger partial charge is 0.399 e. The lowest BCUT2D eigenvalue weighted by Crippen LogP contribution is -2.14. The fraction of sp³-hybridized carbons (Fsp3) is 0. The highest BCUT2D eigenvalue weighted by atomic mass is 16.6. The minimum atomic E-state index is -0.627. The van der Waals surface area contributed by atoms with Gasteiger partial charge in [0, 0.05) is 18.0 Å². The predicted molar refractivity (Wildman–Crippen MR) is 69.7 cm³/mol. The number of amides is 1. The van der Waals surface area contributed by atoms with Gasteiger partial charge in [0.25, 0.3) is 11.6 Å². The maximum Gasteiger partial charge on any atom is 0.282 e. The normalized spacial score (nSPS) is 9.89. The number of nitrogens with two attached hydrogens (primary N) is 1. The van der Waals surface area contributed by atoms with Crippen LogP contribution in [-0.4, -0.2) is 15.8 Å². The molecule has 19 heavy (non-hydrogen) atoms. The second kappa shape index (κ2) is 5.13. The van der Waals surface area contributed by atoms with E-state index in [9.17, 15) is 14.9 Å². The molecule has 0 aliphatic rings. The van der Waals surface area contributed by atoms with Crippen LogP contribution >= 0.6 is 0 Å². The molecule has 0 fully saturated rings. The summed E-state index contributed by atoms with van der Waals surface area (Å²) in [4.78, 5) is 26.1. The summed E-state index contributed by atoms with van der Waals surface area (Å²) >= 11 is 0. The van der Waals surface area contributed by atoms with Gasteiger partial charge in [-0.3, -0.25) is 19.9 Å². The van der Waals surface area contributed by atoms with Gasteiger partial charge < -0.3 is 11.1 Å². The second-order valence-electron chi connectivity index (χ2n) is 3.73. The van der Waals surface area contributed by atoms with Crippen molar-refractivity contribution in [3.63, 3.8) is 0 Å². The summed E-state index contributed by atoms with van der Waals surface area (Å²) in [6.45, 7) is 0. The number of nitro groups is 1. The first-order chi connectivity index (χ1) is 9.08. The van der Waals surface area contributed by atoms with Crippen molar-refractivity contribution in [3.05, 3.63) is 58.4 Å². The molecule has 1 aromatic heterocycles. The van der Waals surface area contributed by atoms with Gasteiger partial charge >= 0.3 is 0 Å². The number of carbonyl (C=O) groups is 1. The van der Waals surface area contributed by atoms with E-state index in [4.69, 9.17) is 5.73 Å². The van der Waals surface area contributed by atoms with Gasteiger partial charge in [-0.1, -0.05) is 0 Å². The van der Waals surface area contributed by atoms with E-state index in [1.54, 1.807) is 18.3 Å². The molecule has 1 aromatic carbocycles.